The van der Waals surface area contributed by atoms with E-state index in [0.29, 0.717) is 17.0 Å². The van der Waals surface area contributed by atoms with Gasteiger partial charge in [0.05, 0.1) is 10.9 Å². The van der Waals surface area contributed by atoms with Gasteiger partial charge in [0.2, 0.25) is 0 Å². The quantitative estimate of drug-likeness (QED) is 0.757. The monoisotopic (exact) mass is 330 g/mol. The zero-order chi connectivity index (χ0) is 14.1. The Morgan fingerprint density at radius 3 is 2.85 bits per heavy atom. The van der Waals surface area contributed by atoms with Crippen LogP contribution in [0.4, 0.5) is 5.82 Å². The first kappa shape index (κ1) is 12.8. The highest BCUT2D eigenvalue weighted by molar-refractivity contribution is 9.10. The van der Waals surface area contributed by atoms with Crippen LogP contribution in [-0.4, -0.2) is 21.1 Å². The maximum absolute atomic E-state index is 12.2. The summed E-state index contributed by atoms with van der Waals surface area (Å²) in [5.74, 6) is 0.264. The number of nitrogens with one attached hydrogen (secondary N) is 2. The Morgan fingerprint density at radius 2 is 2.05 bits per heavy atom. The number of hydrogen-bond donors (Lipinski definition) is 2. The normalized spacial score (nSPS) is 10.7. The number of carbonyl (C=O) groups is 1. The number of aryl methyl sites for hydroxylation is 1. The van der Waals surface area contributed by atoms with Gasteiger partial charge >= 0.3 is 0 Å². The number of fused-ring (bicyclic) bond motifs is 1. The van der Waals surface area contributed by atoms with E-state index in [2.05, 4.69) is 36.4 Å². The number of benzene rings is 1. The lowest BCUT2D eigenvalue weighted by atomic mass is 10.2. The van der Waals surface area contributed by atoms with Gasteiger partial charge in [-0.15, -0.1) is 0 Å². The van der Waals surface area contributed by atoms with E-state index >= 15 is 0 Å². The standard InChI is InChI=1S/C14H11BrN4O/c1-8-6-7-10-12(16-8)18-19-13(10)17-14(20)9-4-2-3-5-11(9)15/h2-7H,1H3,(H2,16,17,18,19,20). The number of aromatic amines is 1. The Bertz CT molecular complexity index is 797. The number of H-pyrrole nitrogens is 1. The Balaban J connectivity index is 1.94. The minimum atomic E-state index is -0.216. The molecule has 0 spiro atoms. The van der Waals surface area contributed by atoms with Crippen LogP contribution >= 0.6 is 15.9 Å². The summed E-state index contributed by atoms with van der Waals surface area (Å²) in [6, 6.07) is 11.0. The first-order chi connectivity index (χ1) is 9.65. The van der Waals surface area contributed by atoms with E-state index < -0.39 is 0 Å². The number of anilines is 1. The molecule has 0 fully saturated rings. The molecule has 0 bridgehead atoms. The third-order valence-corrected chi connectivity index (χ3v) is 3.61. The number of rotatable bonds is 2. The van der Waals surface area contributed by atoms with Crippen LogP contribution in [0.3, 0.4) is 0 Å². The second kappa shape index (κ2) is 5.05. The average Bonchev–Trinajstić information content (AvgIpc) is 2.81. The molecular formula is C14H11BrN4O. The lowest BCUT2D eigenvalue weighted by molar-refractivity contribution is 0.102. The third kappa shape index (κ3) is 2.30. The van der Waals surface area contributed by atoms with E-state index in [0.717, 1.165) is 15.6 Å². The number of halogens is 1. The largest absolute Gasteiger partial charge is 0.304 e. The Morgan fingerprint density at radius 1 is 1.25 bits per heavy atom. The van der Waals surface area contributed by atoms with Crippen molar-refractivity contribution in [2.24, 2.45) is 0 Å². The molecule has 0 aliphatic rings. The molecule has 1 aromatic carbocycles. The molecule has 0 unspecified atom stereocenters. The minimum Gasteiger partial charge on any atom is -0.304 e. The maximum Gasteiger partial charge on any atom is 0.258 e. The van der Waals surface area contributed by atoms with Gasteiger partial charge in [-0.3, -0.25) is 9.89 Å². The van der Waals surface area contributed by atoms with Crippen molar-refractivity contribution >= 4 is 38.7 Å². The molecule has 20 heavy (non-hydrogen) atoms. The Labute approximate surface area is 123 Å². The van der Waals surface area contributed by atoms with Gasteiger partial charge in [0.15, 0.2) is 11.5 Å². The highest BCUT2D eigenvalue weighted by atomic mass is 79.9. The molecular weight excluding hydrogens is 320 g/mol. The second-order valence-corrected chi connectivity index (χ2v) is 5.21. The predicted octanol–water partition coefficient (Wildman–Crippen LogP) is 3.28. The van der Waals surface area contributed by atoms with E-state index in [1.54, 1.807) is 6.07 Å². The molecule has 5 nitrogen and oxygen atoms in total. The lowest BCUT2D eigenvalue weighted by Gasteiger charge is -2.04. The molecule has 0 radical (unpaired) electrons. The van der Waals surface area contributed by atoms with Gasteiger partial charge in [-0.2, -0.15) is 5.10 Å². The fourth-order valence-electron chi connectivity index (χ4n) is 1.92. The molecule has 0 saturated carbocycles. The highest BCUT2D eigenvalue weighted by Gasteiger charge is 2.13. The summed E-state index contributed by atoms with van der Waals surface area (Å²) >= 11 is 3.36. The second-order valence-electron chi connectivity index (χ2n) is 4.35. The van der Waals surface area contributed by atoms with Crippen molar-refractivity contribution < 1.29 is 4.79 Å². The number of carbonyl (C=O) groups excluding carboxylic acids is 1. The summed E-state index contributed by atoms with van der Waals surface area (Å²) < 4.78 is 0.742. The van der Waals surface area contributed by atoms with Gasteiger partial charge < -0.3 is 5.32 Å². The number of nitrogens with zero attached hydrogens (tertiary/aromatic N) is 2. The molecule has 2 heterocycles. The van der Waals surface area contributed by atoms with Crippen LogP contribution in [0.1, 0.15) is 16.1 Å². The van der Waals surface area contributed by atoms with Gasteiger partial charge in [0.1, 0.15) is 0 Å². The number of aromatic nitrogens is 3. The van der Waals surface area contributed by atoms with Gasteiger partial charge in [-0.05, 0) is 47.1 Å². The molecule has 0 atom stereocenters. The molecule has 1 amide bonds. The number of pyridine rings is 1. The molecule has 0 aliphatic heterocycles. The number of amides is 1. The van der Waals surface area contributed by atoms with Crippen LogP contribution in [0.2, 0.25) is 0 Å². The van der Waals surface area contributed by atoms with Crippen molar-refractivity contribution in [1.29, 1.82) is 0 Å². The molecule has 2 aromatic heterocycles. The zero-order valence-electron chi connectivity index (χ0n) is 10.6. The Kier molecular flexibility index (Phi) is 3.23. The van der Waals surface area contributed by atoms with Gasteiger partial charge in [-0.1, -0.05) is 12.1 Å². The van der Waals surface area contributed by atoms with Crippen molar-refractivity contribution in [3.05, 3.63) is 52.1 Å². The van der Waals surface area contributed by atoms with Crippen LogP contribution in [0.5, 0.6) is 0 Å². The van der Waals surface area contributed by atoms with E-state index in [-0.39, 0.29) is 5.91 Å². The summed E-state index contributed by atoms with van der Waals surface area (Å²) in [5, 5.41) is 10.5. The van der Waals surface area contributed by atoms with Crippen molar-refractivity contribution in [1.82, 2.24) is 15.2 Å². The van der Waals surface area contributed by atoms with E-state index in [9.17, 15) is 4.79 Å². The highest BCUT2D eigenvalue weighted by Crippen LogP contribution is 2.21. The van der Waals surface area contributed by atoms with Gasteiger partial charge in [0, 0.05) is 10.2 Å². The van der Waals surface area contributed by atoms with Crippen LogP contribution in [0.25, 0.3) is 11.0 Å². The van der Waals surface area contributed by atoms with Crippen LogP contribution in [0.15, 0.2) is 40.9 Å². The Hall–Kier alpha value is -2.21. The van der Waals surface area contributed by atoms with Crippen molar-refractivity contribution in [2.45, 2.75) is 6.92 Å². The first-order valence-corrected chi connectivity index (χ1v) is 6.82. The summed E-state index contributed by atoms with van der Waals surface area (Å²) in [6.45, 7) is 1.90. The van der Waals surface area contributed by atoms with E-state index in [1.165, 1.54) is 0 Å². The van der Waals surface area contributed by atoms with Crippen molar-refractivity contribution in [3.63, 3.8) is 0 Å². The van der Waals surface area contributed by atoms with Gasteiger partial charge in [0.25, 0.3) is 5.91 Å². The minimum absolute atomic E-state index is 0.216. The third-order valence-electron chi connectivity index (χ3n) is 2.91. The molecule has 3 rings (SSSR count). The van der Waals surface area contributed by atoms with Crippen LogP contribution < -0.4 is 5.32 Å². The zero-order valence-corrected chi connectivity index (χ0v) is 12.2. The van der Waals surface area contributed by atoms with Crippen molar-refractivity contribution in [3.8, 4) is 0 Å². The van der Waals surface area contributed by atoms with Crippen LogP contribution in [0, 0.1) is 6.92 Å². The summed E-state index contributed by atoms with van der Waals surface area (Å²) in [6.07, 6.45) is 0. The summed E-state index contributed by atoms with van der Waals surface area (Å²) in [7, 11) is 0. The molecule has 3 aromatic rings. The lowest BCUT2D eigenvalue weighted by Crippen LogP contribution is -2.12. The predicted molar refractivity (Wildman–Crippen MR) is 80.7 cm³/mol. The maximum atomic E-state index is 12.2. The van der Waals surface area contributed by atoms with E-state index in [4.69, 9.17) is 0 Å². The summed E-state index contributed by atoms with van der Waals surface area (Å²) in [5.41, 5.74) is 2.11. The topological polar surface area (TPSA) is 70.7 Å². The molecule has 0 saturated heterocycles. The molecule has 6 heteroatoms. The van der Waals surface area contributed by atoms with Crippen molar-refractivity contribution in [2.75, 3.05) is 5.32 Å². The molecule has 0 aliphatic carbocycles. The average molecular weight is 331 g/mol. The fourth-order valence-corrected chi connectivity index (χ4v) is 2.38. The van der Waals surface area contributed by atoms with E-state index in [1.807, 2.05) is 37.3 Å². The summed E-state index contributed by atoms with van der Waals surface area (Å²) in [4.78, 5) is 16.5. The fraction of sp³-hybridized carbons (Fsp3) is 0.0714. The number of hydrogen-bond acceptors (Lipinski definition) is 3. The van der Waals surface area contributed by atoms with Gasteiger partial charge in [-0.25, -0.2) is 4.98 Å². The first-order valence-electron chi connectivity index (χ1n) is 6.03. The smallest absolute Gasteiger partial charge is 0.258 e. The van der Waals surface area contributed by atoms with Crippen LogP contribution in [-0.2, 0) is 0 Å². The SMILES string of the molecule is Cc1ccc2c(NC(=O)c3ccccc3Br)n[nH]c2n1. The molecule has 100 valence electrons. The molecule has 2 N–H and O–H groups in total.